The van der Waals surface area contributed by atoms with Crippen LogP contribution >= 0.6 is 0 Å². The van der Waals surface area contributed by atoms with Gasteiger partial charge in [-0.3, -0.25) is 0 Å². The number of hydrogen-bond acceptors (Lipinski definition) is 4. The van der Waals surface area contributed by atoms with E-state index in [2.05, 4.69) is 0 Å². The lowest BCUT2D eigenvalue weighted by Crippen LogP contribution is -2.04. The minimum absolute atomic E-state index is 0.0258. The van der Waals surface area contributed by atoms with E-state index in [1.54, 1.807) is 31.2 Å². The summed E-state index contributed by atoms with van der Waals surface area (Å²) >= 11 is 0. The van der Waals surface area contributed by atoms with Crippen molar-refractivity contribution in [2.24, 2.45) is 0 Å². The summed E-state index contributed by atoms with van der Waals surface area (Å²) in [5.41, 5.74) is 6.54. The van der Waals surface area contributed by atoms with E-state index in [9.17, 15) is 9.90 Å². The van der Waals surface area contributed by atoms with Crippen molar-refractivity contribution in [1.29, 1.82) is 0 Å². The standard InChI is InChI=1S/C13H13NO3/c1-2-17-13(16)9-5-8-3-4-10(14)7-11(8)12(15)6-9/h3-7,15H,2,14H2,1H3. The van der Waals surface area contributed by atoms with E-state index in [4.69, 9.17) is 10.5 Å². The van der Waals surface area contributed by atoms with Crippen molar-refractivity contribution >= 4 is 22.4 Å². The minimum atomic E-state index is -0.443. The second kappa shape index (κ2) is 4.33. The SMILES string of the molecule is CCOC(=O)c1cc(O)c2cc(N)ccc2c1. The highest BCUT2D eigenvalue weighted by Gasteiger charge is 2.10. The fraction of sp³-hybridized carbons (Fsp3) is 0.154. The first-order valence-corrected chi connectivity index (χ1v) is 5.31. The van der Waals surface area contributed by atoms with Crippen LogP contribution in [0.2, 0.25) is 0 Å². The Morgan fingerprint density at radius 1 is 1.35 bits per heavy atom. The molecule has 2 aromatic carbocycles. The third kappa shape index (κ3) is 2.15. The van der Waals surface area contributed by atoms with Crippen LogP contribution in [0.3, 0.4) is 0 Å². The van der Waals surface area contributed by atoms with E-state index in [-0.39, 0.29) is 5.75 Å². The number of phenolic OH excluding ortho intramolecular Hbond substituents is 1. The quantitative estimate of drug-likeness (QED) is 0.614. The molecule has 0 fully saturated rings. The first-order chi connectivity index (χ1) is 8.11. The van der Waals surface area contributed by atoms with Gasteiger partial charge in [0.2, 0.25) is 0 Å². The van der Waals surface area contributed by atoms with Crippen molar-refractivity contribution in [1.82, 2.24) is 0 Å². The van der Waals surface area contributed by atoms with Crippen molar-refractivity contribution in [3.05, 3.63) is 35.9 Å². The summed E-state index contributed by atoms with van der Waals surface area (Å²) in [5, 5.41) is 11.2. The Hall–Kier alpha value is -2.23. The summed E-state index contributed by atoms with van der Waals surface area (Å²) in [4.78, 5) is 11.5. The zero-order chi connectivity index (χ0) is 12.4. The number of rotatable bonds is 2. The van der Waals surface area contributed by atoms with Crippen LogP contribution in [-0.4, -0.2) is 17.7 Å². The predicted molar refractivity (Wildman–Crippen MR) is 66.0 cm³/mol. The number of benzene rings is 2. The third-order valence-corrected chi connectivity index (χ3v) is 2.47. The van der Waals surface area contributed by atoms with Gasteiger partial charge in [0.05, 0.1) is 12.2 Å². The smallest absolute Gasteiger partial charge is 0.338 e. The van der Waals surface area contributed by atoms with Gasteiger partial charge in [0.25, 0.3) is 0 Å². The molecule has 0 saturated carbocycles. The molecule has 88 valence electrons. The molecule has 0 aliphatic heterocycles. The number of fused-ring (bicyclic) bond motifs is 1. The number of phenols is 1. The lowest BCUT2D eigenvalue weighted by molar-refractivity contribution is 0.0526. The van der Waals surface area contributed by atoms with E-state index >= 15 is 0 Å². The van der Waals surface area contributed by atoms with Crippen molar-refractivity contribution in [3.63, 3.8) is 0 Å². The van der Waals surface area contributed by atoms with Crippen LogP contribution in [-0.2, 0) is 4.74 Å². The molecule has 0 unspecified atom stereocenters. The average Bonchev–Trinajstić information content (AvgIpc) is 2.30. The van der Waals surface area contributed by atoms with E-state index < -0.39 is 5.97 Å². The molecule has 4 heteroatoms. The molecule has 0 saturated heterocycles. The van der Waals surface area contributed by atoms with E-state index in [1.165, 1.54) is 6.07 Å². The number of nitrogens with two attached hydrogens (primary N) is 1. The van der Waals surface area contributed by atoms with E-state index in [1.807, 2.05) is 0 Å². The first-order valence-electron chi connectivity index (χ1n) is 5.31. The fourth-order valence-electron chi connectivity index (χ4n) is 1.69. The van der Waals surface area contributed by atoms with Crippen LogP contribution < -0.4 is 5.73 Å². The summed E-state index contributed by atoms with van der Waals surface area (Å²) in [6.07, 6.45) is 0. The molecule has 0 radical (unpaired) electrons. The molecule has 0 heterocycles. The molecule has 17 heavy (non-hydrogen) atoms. The Balaban J connectivity index is 2.56. The van der Waals surface area contributed by atoms with Crippen LogP contribution in [0.1, 0.15) is 17.3 Å². The van der Waals surface area contributed by atoms with Gasteiger partial charge in [-0.05, 0) is 36.6 Å². The van der Waals surface area contributed by atoms with Crippen molar-refractivity contribution in [2.75, 3.05) is 12.3 Å². The Kier molecular flexibility index (Phi) is 2.87. The molecule has 0 spiro atoms. The number of carbonyl (C=O) groups is 1. The molecule has 4 nitrogen and oxygen atoms in total. The Morgan fingerprint density at radius 3 is 2.82 bits per heavy atom. The molecular formula is C13H13NO3. The van der Waals surface area contributed by atoms with Crippen molar-refractivity contribution in [3.8, 4) is 5.75 Å². The van der Waals surface area contributed by atoms with Crippen LogP contribution in [0.4, 0.5) is 5.69 Å². The number of esters is 1. The van der Waals surface area contributed by atoms with Crippen molar-refractivity contribution in [2.45, 2.75) is 6.92 Å². The highest BCUT2D eigenvalue weighted by Crippen LogP contribution is 2.28. The number of anilines is 1. The molecule has 0 atom stereocenters. The van der Waals surface area contributed by atoms with Crippen LogP contribution in [0.15, 0.2) is 30.3 Å². The normalized spacial score (nSPS) is 10.4. The molecule has 2 aromatic rings. The maximum atomic E-state index is 11.5. The number of aromatic hydroxyl groups is 1. The van der Waals surface area contributed by atoms with E-state index in [0.717, 1.165) is 5.39 Å². The maximum Gasteiger partial charge on any atom is 0.338 e. The van der Waals surface area contributed by atoms with Crippen LogP contribution in [0.25, 0.3) is 10.8 Å². The maximum absolute atomic E-state index is 11.5. The Labute approximate surface area is 98.6 Å². The van der Waals surface area contributed by atoms with Gasteiger partial charge in [0.15, 0.2) is 0 Å². The summed E-state index contributed by atoms with van der Waals surface area (Å²) in [5.74, 6) is -0.417. The second-order valence-electron chi connectivity index (χ2n) is 3.70. The van der Waals surface area contributed by atoms with Gasteiger partial charge in [-0.2, -0.15) is 0 Å². The monoisotopic (exact) mass is 231 g/mol. The third-order valence-electron chi connectivity index (χ3n) is 2.47. The van der Waals surface area contributed by atoms with Gasteiger partial charge in [0, 0.05) is 11.1 Å². The molecule has 0 aromatic heterocycles. The Bertz CT molecular complexity index is 578. The lowest BCUT2D eigenvalue weighted by atomic mass is 10.1. The van der Waals surface area contributed by atoms with Crippen LogP contribution in [0, 0.1) is 0 Å². The molecule has 0 aliphatic carbocycles. The second-order valence-corrected chi connectivity index (χ2v) is 3.70. The highest BCUT2D eigenvalue weighted by molar-refractivity contribution is 5.99. The number of carbonyl (C=O) groups excluding carboxylic acids is 1. The lowest BCUT2D eigenvalue weighted by Gasteiger charge is -2.06. The number of ether oxygens (including phenoxy) is 1. The van der Waals surface area contributed by atoms with Gasteiger partial charge in [0.1, 0.15) is 5.75 Å². The average molecular weight is 231 g/mol. The van der Waals surface area contributed by atoms with Gasteiger partial charge < -0.3 is 15.6 Å². The summed E-state index contributed by atoms with van der Waals surface area (Å²) in [7, 11) is 0. The zero-order valence-corrected chi connectivity index (χ0v) is 9.43. The minimum Gasteiger partial charge on any atom is -0.507 e. The van der Waals surface area contributed by atoms with E-state index in [0.29, 0.717) is 23.2 Å². The van der Waals surface area contributed by atoms with Crippen LogP contribution in [0.5, 0.6) is 5.75 Å². The molecule has 0 aliphatic rings. The highest BCUT2D eigenvalue weighted by atomic mass is 16.5. The Morgan fingerprint density at radius 2 is 2.12 bits per heavy atom. The molecule has 0 amide bonds. The van der Waals surface area contributed by atoms with Gasteiger partial charge >= 0.3 is 5.97 Å². The fourth-order valence-corrected chi connectivity index (χ4v) is 1.69. The largest absolute Gasteiger partial charge is 0.507 e. The summed E-state index contributed by atoms with van der Waals surface area (Å²) in [6, 6.07) is 8.20. The van der Waals surface area contributed by atoms with Gasteiger partial charge in [-0.15, -0.1) is 0 Å². The topological polar surface area (TPSA) is 72.5 Å². The van der Waals surface area contributed by atoms with Crippen molar-refractivity contribution < 1.29 is 14.6 Å². The summed E-state index contributed by atoms with van der Waals surface area (Å²) in [6.45, 7) is 2.04. The van der Waals surface area contributed by atoms with Gasteiger partial charge in [-0.25, -0.2) is 4.79 Å². The number of nitrogen functional groups attached to an aromatic ring is 1. The molecule has 0 bridgehead atoms. The first kappa shape index (κ1) is 11.3. The number of hydrogen-bond donors (Lipinski definition) is 2. The molecule has 2 rings (SSSR count). The molecular weight excluding hydrogens is 218 g/mol. The van der Waals surface area contributed by atoms with Gasteiger partial charge in [-0.1, -0.05) is 6.07 Å². The predicted octanol–water partition coefficient (Wildman–Crippen LogP) is 2.30. The molecule has 3 N–H and O–H groups in total. The summed E-state index contributed by atoms with van der Waals surface area (Å²) < 4.78 is 4.88. The zero-order valence-electron chi connectivity index (χ0n) is 9.43.